The molecular formula is C22H48N2O4. The van der Waals surface area contributed by atoms with E-state index in [9.17, 15) is 19.8 Å². The average Bonchev–Trinajstić information content (AvgIpc) is 2.64. The summed E-state index contributed by atoms with van der Waals surface area (Å²) in [5.41, 5.74) is 0. The second-order valence-electron chi connectivity index (χ2n) is 8.36. The molecular weight excluding hydrogens is 356 g/mol. The van der Waals surface area contributed by atoms with Crippen LogP contribution in [0.1, 0.15) is 81.1 Å². The molecule has 0 radical (unpaired) electrons. The fourth-order valence-electron chi connectivity index (χ4n) is 2.45. The Bertz CT molecular complexity index is 363. The summed E-state index contributed by atoms with van der Waals surface area (Å²) in [5.74, 6) is -2.28. The van der Waals surface area contributed by atoms with Crippen LogP contribution in [0.2, 0.25) is 0 Å². The molecule has 0 atom stereocenters. The normalized spacial score (nSPS) is 11.4. The van der Waals surface area contributed by atoms with Crippen LogP contribution < -0.4 is 10.2 Å². The molecule has 0 rings (SSSR count). The Morgan fingerprint density at radius 1 is 0.643 bits per heavy atom. The van der Waals surface area contributed by atoms with E-state index >= 15 is 0 Å². The molecule has 0 spiro atoms. The molecule has 0 aromatic rings. The lowest BCUT2D eigenvalue weighted by Crippen LogP contribution is -2.49. The van der Waals surface area contributed by atoms with Gasteiger partial charge in [0.05, 0.1) is 52.4 Å². The average molecular weight is 405 g/mol. The molecule has 0 N–H and O–H groups in total. The lowest BCUT2D eigenvalue weighted by atomic mass is 10.2. The highest BCUT2D eigenvalue weighted by molar-refractivity contribution is 5.65. The van der Waals surface area contributed by atoms with Gasteiger partial charge in [0.1, 0.15) is 0 Å². The number of hydrogen-bond donors (Lipinski definition) is 0. The molecule has 0 saturated heterocycles. The van der Waals surface area contributed by atoms with Crippen molar-refractivity contribution in [3.8, 4) is 0 Å². The quantitative estimate of drug-likeness (QED) is 0.388. The second kappa shape index (κ2) is 16.8. The lowest BCUT2D eigenvalue weighted by Gasteiger charge is -2.36. The van der Waals surface area contributed by atoms with Gasteiger partial charge in [-0.2, -0.15) is 0 Å². The second-order valence-corrected chi connectivity index (χ2v) is 8.36. The minimum Gasteiger partial charge on any atom is -0.550 e. The first-order valence-corrected chi connectivity index (χ1v) is 10.8. The van der Waals surface area contributed by atoms with Crippen LogP contribution >= 0.6 is 0 Å². The minimum absolute atomic E-state index is 0.0761. The van der Waals surface area contributed by atoms with E-state index in [1.807, 2.05) is 0 Å². The zero-order chi connectivity index (χ0) is 23.0. The van der Waals surface area contributed by atoms with Crippen molar-refractivity contribution in [1.82, 2.24) is 0 Å². The summed E-state index contributed by atoms with van der Waals surface area (Å²) in [6.45, 7) is 23.1. The Hall–Kier alpha value is -1.14. The van der Waals surface area contributed by atoms with E-state index in [0.717, 1.165) is 12.1 Å². The van der Waals surface area contributed by atoms with Crippen LogP contribution in [-0.4, -0.2) is 73.3 Å². The number of carbonyl (C=O) groups excluding carboxylic acids is 2. The molecule has 0 bridgehead atoms. The summed E-state index contributed by atoms with van der Waals surface area (Å²) in [6, 6.07) is 1.53. The van der Waals surface area contributed by atoms with Gasteiger partial charge in [0.2, 0.25) is 0 Å². The first-order chi connectivity index (χ1) is 12.8. The third-order valence-corrected chi connectivity index (χ3v) is 6.39. The number of quaternary nitrogens is 2. The largest absolute Gasteiger partial charge is 0.550 e. The molecule has 0 saturated carbocycles. The predicted molar refractivity (Wildman–Crippen MR) is 113 cm³/mol. The number of carboxylic acid groups (broad SMARTS) is 2. The van der Waals surface area contributed by atoms with Gasteiger partial charge in [-0.05, 0) is 81.1 Å². The van der Waals surface area contributed by atoms with Gasteiger partial charge in [0, 0.05) is 11.9 Å². The number of nitrogens with zero attached hydrogens (tertiary/aromatic N) is 2. The summed E-state index contributed by atoms with van der Waals surface area (Å²) >= 11 is 0. The van der Waals surface area contributed by atoms with Gasteiger partial charge in [-0.25, -0.2) is 0 Å². The molecule has 28 heavy (non-hydrogen) atoms. The molecule has 6 heteroatoms. The molecule has 170 valence electrons. The van der Waals surface area contributed by atoms with Crippen LogP contribution in [0.25, 0.3) is 0 Å². The van der Waals surface area contributed by atoms with Crippen LogP contribution in [0.5, 0.6) is 0 Å². The highest BCUT2D eigenvalue weighted by Gasteiger charge is 2.20. The standard InChI is InChI=1S/2C8H20N.C6H10O4/c2*1-6-9(5,7-2)8(3)4;7-5(8)3-1-2-4-6(9)10/h2*8H,6-7H2,1-5H3;1-4H2,(H,7,8)(H,9,10)/q2*+1;/p-2. The van der Waals surface area contributed by atoms with Crippen LogP contribution in [-0.2, 0) is 9.59 Å². The van der Waals surface area contributed by atoms with E-state index in [2.05, 4.69) is 69.5 Å². The third kappa shape index (κ3) is 15.9. The van der Waals surface area contributed by atoms with E-state index in [1.165, 1.54) is 35.1 Å². The summed E-state index contributed by atoms with van der Waals surface area (Å²) < 4.78 is 2.39. The molecule has 0 aliphatic rings. The van der Waals surface area contributed by atoms with Crippen molar-refractivity contribution in [3.05, 3.63) is 0 Å². The van der Waals surface area contributed by atoms with E-state index in [1.54, 1.807) is 0 Å². The number of hydrogen-bond acceptors (Lipinski definition) is 4. The molecule has 0 heterocycles. The molecule has 0 aliphatic heterocycles. The van der Waals surface area contributed by atoms with Crippen LogP contribution in [0.4, 0.5) is 0 Å². The number of unbranched alkanes of at least 4 members (excludes halogenated alkanes) is 1. The SMILES string of the molecule is CC[N+](C)(CC)C(C)C.CC[N+](C)(CC)C(C)C.O=C([O-])CCCCC(=O)[O-]. The molecule has 0 aliphatic carbocycles. The Labute approximate surface area is 174 Å². The summed E-state index contributed by atoms with van der Waals surface area (Å²) in [5, 5.41) is 19.5. The third-order valence-electron chi connectivity index (χ3n) is 6.39. The Morgan fingerprint density at radius 2 is 0.857 bits per heavy atom. The zero-order valence-electron chi connectivity index (χ0n) is 20.3. The fraction of sp³-hybridized carbons (Fsp3) is 0.909. The van der Waals surface area contributed by atoms with Crippen molar-refractivity contribution in [2.24, 2.45) is 0 Å². The van der Waals surface area contributed by atoms with E-state index < -0.39 is 11.9 Å². The van der Waals surface area contributed by atoms with Crippen molar-refractivity contribution in [2.45, 2.75) is 93.2 Å². The Morgan fingerprint density at radius 3 is 0.929 bits per heavy atom. The molecule has 0 aromatic carbocycles. The minimum atomic E-state index is -1.14. The van der Waals surface area contributed by atoms with Crippen LogP contribution in [0.3, 0.4) is 0 Å². The lowest BCUT2D eigenvalue weighted by molar-refractivity contribution is -0.926. The molecule has 6 nitrogen and oxygen atoms in total. The summed E-state index contributed by atoms with van der Waals surface area (Å²) in [6.07, 6.45) is 0.535. The predicted octanol–water partition coefficient (Wildman–Crippen LogP) is 1.81. The highest BCUT2D eigenvalue weighted by atomic mass is 16.4. The molecule has 0 aromatic heterocycles. The first-order valence-electron chi connectivity index (χ1n) is 10.8. The highest BCUT2D eigenvalue weighted by Crippen LogP contribution is 2.08. The number of carboxylic acids is 2. The van der Waals surface area contributed by atoms with Gasteiger partial charge in [-0.15, -0.1) is 0 Å². The van der Waals surface area contributed by atoms with Crippen molar-refractivity contribution in [2.75, 3.05) is 40.3 Å². The van der Waals surface area contributed by atoms with Crippen molar-refractivity contribution in [3.63, 3.8) is 0 Å². The molecule has 0 amide bonds. The summed E-state index contributed by atoms with van der Waals surface area (Å²) in [4.78, 5) is 19.5. The fourth-order valence-corrected chi connectivity index (χ4v) is 2.45. The van der Waals surface area contributed by atoms with Gasteiger partial charge in [-0.3, -0.25) is 0 Å². The van der Waals surface area contributed by atoms with Crippen LogP contribution in [0, 0.1) is 0 Å². The van der Waals surface area contributed by atoms with Crippen molar-refractivity contribution >= 4 is 11.9 Å². The van der Waals surface area contributed by atoms with Crippen LogP contribution in [0.15, 0.2) is 0 Å². The van der Waals surface area contributed by atoms with Gasteiger partial charge in [0.15, 0.2) is 0 Å². The zero-order valence-corrected chi connectivity index (χ0v) is 20.3. The van der Waals surface area contributed by atoms with E-state index in [0.29, 0.717) is 12.8 Å². The smallest absolute Gasteiger partial charge is 0.0831 e. The van der Waals surface area contributed by atoms with Gasteiger partial charge < -0.3 is 28.8 Å². The van der Waals surface area contributed by atoms with E-state index in [-0.39, 0.29) is 12.8 Å². The van der Waals surface area contributed by atoms with E-state index in [4.69, 9.17) is 0 Å². The van der Waals surface area contributed by atoms with Gasteiger partial charge in [-0.1, -0.05) is 0 Å². The molecule has 0 unspecified atom stereocenters. The number of rotatable bonds is 11. The van der Waals surface area contributed by atoms with Gasteiger partial charge >= 0.3 is 0 Å². The number of aliphatic carboxylic acids is 2. The maximum atomic E-state index is 9.77. The van der Waals surface area contributed by atoms with Gasteiger partial charge in [0.25, 0.3) is 0 Å². The first kappa shape index (κ1) is 31.6. The number of carbonyl (C=O) groups is 2. The van der Waals surface area contributed by atoms with Crippen molar-refractivity contribution < 1.29 is 28.8 Å². The Balaban J connectivity index is -0.000000336. The summed E-state index contributed by atoms with van der Waals surface area (Å²) in [7, 11) is 4.62. The molecule has 0 fully saturated rings. The topological polar surface area (TPSA) is 80.3 Å². The maximum absolute atomic E-state index is 9.77. The Kier molecular flexibility index (Phi) is 18.9. The maximum Gasteiger partial charge on any atom is 0.0831 e. The van der Waals surface area contributed by atoms with Crippen molar-refractivity contribution in [1.29, 1.82) is 0 Å². The monoisotopic (exact) mass is 404 g/mol.